The Labute approximate surface area is 217 Å². The van der Waals surface area contributed by atoms with E-state index in [1.165, 1.54) is 0 Å². The van der Waals surface area contributed by atoms with Crippen molar-refractivity contribution >= 4 is 5.78 Å². The molecule has 1 aliphatic heterocycles. The number of ether oxygens (including phenoxy) is 1. The highest BCUT2D eigenvalue weighted by atomic mass is 16.5. The van der Waals surface area contributed by atoms with Gasteiger partial charge >= 0.3 is 0 Å². The molecule has 5 rings (SSSR count). The summed E-state index contributed by atoms with van der Waals surface area (Å²) in [5.74, 6) is -0.0420. The Balaban J connectivity index is 1.46. The second-order valence-electron chi connectivity index (χ2n) is 15.2. The molecule has 0 aromatic heterocycles. The van der Waals surface area contributed by atoms with Crippen LogP contribution in [0.25, 0.3) is 0 Å². The second kappa shape index (κ2) is 8.00. The molecule has 4 saturated carbocycles. The van der Waals surface area contributed by atoms with Gasteiger partial charge in [0.05, 0.1) is 22.9 Å². The quantitative estimate of drug-likeness (QED) is 0.451. The Morgan fingerprint density at radius 3 is 2.08 bits per heavy atom. The molecule has 206 valence electrons. The Morgan fingerprint density at radius 1 is 0.806 bits per heavy atom. The highest BCUT2D eigenvalue weighted by molar-refractivity contribution is 5.89. The summed E-state index contributed by atoms with van der Waals surface area (Å²) in [4.78, 5) is 13.2. The monoisotopic (exact) mass is 506 g/mol. The first-order chi connectivity index (χ1) is 16.5. The van der Waals surface area contributed by atoms with Crippen molar-refractivity contribution in [1.82, 2.24) is 0 Å². The smallest absolute Gasteiger partial charge is 0.193 e. The van der Waals surface area contributed by atoms with Crippen molar-refractivity contribution in [3.63, 3.8) is 0 Å². The number of carbonyl (C=O) groups excluding carboxylic acids is 1. The van der Waals surface area contributed by atoms with Crippen LogP contribution in [0.4, 0.5) is 0 Å². The Morgan fingerprint density at radius 2 is 1.44 bits per heavy atom. The van der Waals surface area contributed by atoms with Gasteiger partial charge in [-0.2, -0.15) is 0 Å². The van der Waals surface area contributed by atoms with Crippen LogP contribution in [0.2, 0.25) is 0 Å². The van der Waals surface area contributed by atoms with Crippen LogP contribution in [0.3, 0.4) is 0 Å². The van der Waals surface area contributed by atoms with E-state index < -0.39 is 40.2 Å². The average molecular weight is 507 g/mol. The van der Waals surface area contributed by atoms with Gasteiger partial charge in [0.2, 0.25) is 0 Å². The van der Waals surface area contributed by atoms with Crippen molar-refractivity contribution in [2.75, 3.05) is 0 Å². The lowest BCUT2D eigenvalue weighted by Gasteiger charge is -2.59. The van der Waals surface area contributed by atoms with Crippen molar-refractivity contribution in [2.24, 2.45) is 39.9 Å². The molecule has 36 heavy (non-hydrogen) atoms. The first-order valence-electron chi connectivity index (χ1n) is 14.5. The first kappa shape index (κ1) is 27.1. The predicted octanol–water partition coefficient (Wildman–Crippen LogP) is 4.01. The summed E-state index contributed by atoms with van der Waals surface area (Å²) >= 11 is 0. The fourth-order valence-corrected chi connectivity index (χ4v) is 10.7. The minimum Gasteiger partial charge on any atom is -0.390 e. The summed E-state index contributed by atoms with van der Waals surface area (Å²) in [6.45, 7) is 14.2. The molecule has 3 unspecified atom stereocenters. The molecular weight excluding hydrogens is 456 g/mol. The molecule has 0 bridgehead atoms. The van der Waals surface area contributed by atoms with Crippen molar-refractivity contribution < 1.29 is 30.0 Å². The van der Waals surface area contributed by atoms with E-state index in [1.54, 1.807) is 13.8 Å². The lowest BCUT2D eigenvalue weighted by molar-refractivity contribution is -0.218. The lowest BCUT2D eigenvalue weighted by atomic mass is 9.48. The number of rotatable bonds is 2. The summed E-state index contributed by atoms with van der Waals surface area (Å²) in [6, 6.07) is 0. The fraction of sp³-hybridized carbons (Fsp3) is 0.967. The van der Waals surface area contributed by atoms with E-state index in [1.807, 2.05) is 6.92 Å². The van der Waals surface area contributed by atoms with Gasteiger partial charge in [-0.25, -0.2) is 0 Å². The zero-order valence-corrected chi connectivity index (χ0v) is 23.5. The number of aliphatic hydroxyl groups is 4. The van der Waals surface area contributed by atoms with Gasteiger partial charge in [0.25, 0.3) is 0 Å². The third-order valence-electron chi connectivity index (χ3n) is 12.7. The van der Waals surface area contributed by atoms with Gasteiger partial charge in [-0.1, -0.05) is 34.6 Å². The molecule has 4 N–H and O–H groups in total. The second-order valence-corrected chi connectivity index (χ2v) is 15.2. The first-order valence-corrected chi connectivity index (χ1v) is 14.5. The highest BCUT2D eigenvalue weighted by Crippen LogP contribution is 2.70. The molecule has 5 aliphatic rings. The maximum atomic E-state index is 13.2. The molecule has 1 saturated heterocycles. The fourth-order valence-electron chi connectivity index (χ4n) is 10.7. The third-order valence-corrected chi connectivity index (χ3v) is 12.7. The number of Topliss-reactive ketones (excluding diaryl/α,β-unsaturated/α-hetero) is 1. The topological polar surface area (TPSA) is 107 Å². The SMILES string of the molecule is CC(C)[C@@]1(O)CC[C@@]2(C)C[C@](O)(C3CCC4[C@]3(C)CC[C@H]3OC(C)(C)[C@H](O)C(=O)[C@@H](O)[C@]43C)CCC21. The van der Waals surface area contributed by atoms with Gasteiger partial charge in [0, 0.05) is 5.41 Å². The number of fused-ring (bicyclic) bond motifs is 4. The van der Waals surface area contributed by atoms with Crippen LogP contribution in [0.15, 0.2) is 0 Å². The van der Waals surface area contributed by atoms with E-state index in [-0.39, 0.29) is 40.6 Å². The number of carbonyl (C=O) groups is 1. The van der Waals surface area contributed by atoms with Crippen molar-refractivity contribution in [3.8, 4) is 0 Å². The van der Waals surface area contributed by atoms with Crippen molar-refractivity contribution in [1.29, 1.82) is 0 Å². The Kier molecular flexibility index (Phi) is 6.01. The van der Waals surface area contributed by atoms with E-state index in [4.69, 9.17) is 4.74 Å². The standard InChI is InChI=1S/C30H50O6/c1-17(2)30(35)15-14-26(5)16-29(34,13-10-18(26)30)20-9-8-19-27(20,6)12-11-21-28(19,7)24(33)22(31)23(32)25(3,4)36-21/h17-21,23-24,32-35H,8-16H2,1-7H3/t18?,19?,20?,21-,23-,24-,26+,27+,28-,29+,30+/m1/s1. The zero-order chi connectivity index (χ0) is 26.7. The molecule has 4 aliphatic carbocycles. The predicted molar refractivity (Wildman–Crippen MR) is 137 cm³/mol. The van der Waals surface area contributed by atoms with Crippen LogP contribution >= 0.6 is 0 Å². The molecule has 5 fully saturated rings. The summed E-state index contributed by atoms with van der Waals surface area (Å²) in [7, 11) is 0. The molecule has 0 aromatic rings. The molecule has 0 amide bonds. The van der Waals surface area contributed by atoms with Gasteiger partial charge < -0.3 is 25.2 Å². The van der Waals surface area contributed by atoms with Crippen LogP contribution in [0.5, 0.6) is 0 Å². The third kappa shape index (κ3) is 3.36. The van der Waals surface area contributed by atoms with Gasteiger partial charge in [-0.3, -0.25) is 4.79 Å². The van der Waals surface area contributed by atoms with E-state index in [0.717, 1.165) is 38.5 Å². The van der Waals surface area contributed by atoms with E-state index in [2.05, 4.69) is 27.7 Å². The molecule has 0 radical (unpaired) electrons. The molecule has 1 heterocycles. The van der Waals surface area contributed by atoms with Crippen LogP contribution in [-0.4, -0.2) is 61.3 Å². The van der Waals surface area contributed by atoms with Gasteiger partial charge in [0.15, 0.2) is 5.78 Å². The van der Waals surface area contributed by atoms with Gasteiger partial charge in [-0.05, 0) is 106 Å². The van der Waals surface area contributed by atoms with E-state index in [0.29, 0.717) is 19.3 Å². The van der Waals surface area contributed by atoms with Crippen molar-refractivity contribution in [2.45, 2.75) is 141 Å². The summed E-state index contributed by atoms with van der Waals surface area (Å²) in [5.41, 5.74) is -3.65. The van der Waals surface area contributed by atoms with Crippen LogP contribution in [0, 0.1) is 39.9 Å². The molecule has 6 nitrogen and oxygen atoms in total. The molecule has 6 heteroatoms. The molecule has 0 aromatic carbocycles. The van der Waals surface area contributed by atoms with Gasteiger partial charge in [0.1, 0.15) is 12.2 Å². The molecule has 11 atom stereocenters. The normalized spacial score (nSPS) is 56.7. The minimum atomic E-state index is -1.36. The number of aliphatic hydroxyl groups excluding tert-OH is 2. The number of hydrogen-bond donors (Lipinski definition) is 4. The summed E-state index contributed by atoms with van der Waals surface area (Å²) < 4.78 is 6.41. The van der Waals surface area contributed by atoms with Crippen LogP contribution in [-0.2, 0) is 9.53 Å². The lowest BCUT2D eigenvalue weighted by Crippen LogP contribution is -2.61. The van der Waals surface area contributed by atoms with E-state index in [9.17, 15) is 25.2 Å². The number of hydrogen-bond acceptors (Lipinski definition) is 6. The van der Waals surface area contributed by atoms with Gasteiger partial charge in [-0.15, -0.1) is 0 Å². The summed E-state index contributed by atoms with van der Waals surface area (Å²) in [5, 5.41) is 46.1. The molecule has 0 spiro atoms. The van der Waals surface area contributed by atoms with E-state index >= 15 is 0 Å². The minimum absolute atomic E-state index is 0.0135. The maximum absolute atomic E-state index is 13.2. The highest BCUT2D eigenvalue weighted by Gasteiger charge is 2.70. The number of ketones is 1. The zero-order valence-electron chi connectivity index (χ0n) is 23.5. The van der Waals surface area contributed by atoms with Crippen molar-refractivity contribution in [3.05, 3.63) is 0 Å². The largest absolute Gasteiger partial charge is 0.390 e. The van der Waals surface area contributed by atoms with Crippen LogP contribution < -0.4 is 0 Å². The summed E-state index contributed by atoms with van der Waals surface area (Å²) in [6.07, 6.45) is 4.27. The maximum Gasteiger partial charge on any atom is 0.193 e. The van der Waals surface area contributed by atoms with Crippen LogP contribution in [0.1, 0.15) is 106 Å². The Hall–Kier alpha value is -0.530. The molecular formula is C30H50O6. The average Bonchev–Trinajstić information content (AvgIpc) is 3.28. The Bertz CT molecular complexity index is 917.